The lowest BCUT2D eigenvalue weighted by atomic mass is 10.1. The second-order valence-corrected chi connectivity index (χ2v) is 6.24. The highest BCUT2D eigenvalue weighted by Gasteiger charge is 2.17. The Morgan fingerprint density at radius 3 is 2.67 bits per heavy atom. The number of anilines is 1. The van der Waals surface area contributed by atoms with Crippen LogP contribution in [0.3, 0.4) is 0 Å². The first-order valence-electron chi connectivity index (χ1n) is 6.44. The zero-order valence-electron chi connectivity index (χ0n) is 11.9. The molecule has 0 aliphatic carbocycles. The van der Waals surface area contributed by atoms with E-state index >= 15 is 0 Å². The van der Waals surface area contributed by atoms with E-state index in [4.69, 9.17) is 17.3 Å². The summed E-state index contributed by atoms with van der Waals surface area (Å²) in [6, 6.07) is 11.1. The molecule has 1 amide bonds. The number of hydrogen-bond donors (Lipinski definition) is 1. The number of benzene rings is 2. The van der Waals surface area contributed by atoms with E-state index in [1.165, 1.54) is 0 Å². The number of nitrogens with zero attached hydrogens (tertiary/aromatic N) is 1. The fourth-order valence-electron chi connectivity index (χ4n) is 2.08. The average molecular weight is 368 g/mol. The van der Waals surface area contributed by atoms with Crippen molar-refractivity contribution in [1.29, 1.82) is 0 Å². The monoisotopic (exact) mass is 366 g/mol. The lowest BCUT2D eigenvalue weighted by Crippen LogP contribution is -2.27. The largest absolute Gasteiger partial charge is 0.398 e. The summed E-state index contributed by atoms with van der Waals surface area (Å²) >= 11 is 9.51. The van der Waals surface area contributed by atoms with Crippen LogP contribution < -0.4 is 5.73 Å². The Balaban J connectivity index is 2.26. The van der Waals surface area contributed by atoms with E-state index < -0.39 is 0 Å². The van der Waals surface area contributed by atoms with Crippen molar-refractivity contribution in [2.75, 3.05) is 12.8 Å². The zero-order chi connectivity index (χ0) is 15.6. The van der Waals surface area contributed by atoms with Gasteiger partial charge in [0.15, 0.2) is 0 Å². The topological polar surface area (TPSA) is 46.3 Å². The first-order chi connectivity index (χ1) is 9.90. The molecule has 21 heavy (non-hydrogen) atoms. The Morgan fingerprint density at radius 2 is 2.00 bits per heavy atom. The number of carbonyl (C=O) groups is 1. The first-order valence-corrected chi connectivity index (χ1v) is 7.61. The lowest BCUT2D eigenvalue weighted by molar-refractivity contribution is 0.0784. The first kappa shape index (κ1) is 15.9. The molecule has 2 aromatic carbocycles. The predicted octanol–water partition coefficient (Wildman–Crippen LogP) is 4.27. The van der Waals surface area contributed by atoms with Crippen molar-refractivity contribution in [3.05, 3.63) is 62.6 Å². The molecule has 0 radical (unpaired) electrons. The molecule has 0 spiro atoms. The van der Waals surface area contributed by atoms with Gasteiger partial charge in [0.25, 0.3) is 5.91 Å². The summed E-state index contributed by atoms with van der Waals surface area (Å²) in [7, 11) is 1.75. The number of nitrogens with two attached hydrogens (primary N) is 1. The quantitative estimate of drug-likeness (QED) is 0.824. The summed E-state index contributed by atoms with van der Waals surface area (Å²) in [6.07, 6.45) is 0. The highest BCUT2D eigenvalue weighted by atomic mass is 79.9. The van der Waals surface area contributed by atoms with Crippen LogP contribution in [0.2, 0.25) is 5.02 Å². The van der Waals surface area contributed by atoms with Crippen LogP contribution in [0.25, 0.3) is 0 Å². The van der Waals surface area contributed by atoms with E-state index in [0.29, 0.717) is 22.8 Å². The van der Waals surface area contributed by atoms with Crippen molar-refractivity contribution >= 4 is 39.1 Å². The maximum Gasteiger partial charge on any atom is 0.254 e. The van der Waals surface area contributed by atoms with E-state index in [9.17, 15) is 4.79 Å². The highest BCUT2D eigenvalue weighted by Crippen LogP contribution is 2.24. The molecule has 0 fully saturated rings. The van der Waals surface area contributed by atoms with Crippen LogP contribution in [-0.4, -0.2) is 17.9 Å². The molecule has 2 aromatic rings. The minimum Gasteiger partial charge on any atom is -0.398 e. The molecule has 0 aliphatic heterocycles. The molecular formula is C16H16BrClN2O. The smallest absolute Gasteiger partial charge is 0.254 e. The van der Waals surface area contributed by atoms with E-state index in [2.05, 4.69) is 15.9 Å². The summed E-state index contributed by atoms with van der Waals surface area (Å²) in [5.74, 6) is -0.0829. The lowest BCUT2D eigenvalue weighted by Gasteiger charge is -2.20. The van der Waals surface area contributed by atoms with Crippen molar-refractivity contribution in [3.8, 4) is 0 Å². The molecule has 2 N–H and O–H groups in total. The molecule has 0 heterocycles. The third kappa shape index (κ3) is 3.57. The third-order valence-corrected chi connectivity index (χ3v) is 4.18. The number of hydrogen-bond acceptors (Lipinski definition) is 2. The van der Waals surface area contributed by atoms with E-state index in [1.807, 2.05) is 31.2 Å². The summed E-state index contributed by atoms with van der Waals surface area (Å²) in [6.45, 7) is 2.29. The minimum atomic E-state index is -0.0829. The van der Waals surface area contributed by atoms with Gasteiger partial charge < -0.3 is 10.6 Å². The SMILES string of the molecule is Cc1c(N)cc(Br)cc1C(=O)N(C)Cc1ccccc1Cl. The van der Waals surface area contributed by atoms with Gasteiger partial charge in [-0.3, -0.25) is 4.79 Å². The van der Waals surface area contributed by atoms with Crippen LogP contribution in [0, 0.1) is 6.92 Å². The highest BCUT2D eigenvalue weighted by molar-refractivity contribution is 9.10. The normalized spacial score (nSPS) is 10.5. The standard InChI is InChI=1S/C16H16BrClN2O/c1-10-13(7-12(17)8-15(10)19)16(21)20(2)9-11-5-3-4-6-14(11)18/h3-8H,9,19H2,1-2H3. The van der Waals surface area contributed by atoms with Crippen LogP contribution in [-0.2, 0) is 6.54 Å². The molecule has 0 saturated carbocycles. The average Bonchev–Trinajstić information content (AvgIpc) is 2.44. The van der Waals surface area contributed by atoms with E-state index in [0.717, 1.165) is 15.6 Å². The van der Waals surface area contributed by atoms with Crippen LogP contribution in [0.5, 0.6) is 0 Å². The number of rotatable bonds is 3. The van der Waals surface area contributed by atoms with E-state index in [1.54, 1.807) is 24.1 Å². The summed E-state index contributed by atoms with van der Waals surface area (Å²) in [5, 5.41) is 0.655. The van der Waals surface area contributed by atoms with Crippen molar-refractivity contribution in [1.82, 2.24) is 4.90 Å². The Kier molecular flexibility index (Phi) is 4.91. The summed E-state index contributed by atoms with van der Waals surface area (Å²) in [4.78, 5) is 14.2. The minimum absolute atomic E-state index is 0.0829. The number of halogens is 2. The van der Waals surface area contributed by atoms with Gasteiger partial charge >= 0.3 is 0 Å². The molecule has 0 aliphatic rings. The van der Waals surface area contributed by atoms with Gasteiger partial charge in [-0.1, -0.05) is 45.7 Å². The second kappa shape index (κ2) is 6.50. The van der Waals surface area contributed by atoms with Gasteiger partial charge in [-0.15, -0.1) is 0 Å². The van der Waals surface area contributed by atoms with Crippen LogP contribution in [0.4, 0.5) is 5.69 Å². The molecule has 2 rings (SSSR count). The molecule has 0 bridgehead atoms. The van der Waals surface area contributed by atoms with Gasteiger partial charge in [0, 0.05) is 34.3 Å². The number of amides is 1. The molecule has 110 valence electrons. The number of nitrogen functional groups attached to an aromatic ring is 1. The Morgan fingerprint density at radius 1 is 1.33 bits per heavy atom. The van der Waals surface area contributed by atoms with Gasteiger partial charge in [0.2, 0.25) is 0 Å². The van der Waals surface area contributed by atoms with Crippen LogP contribution in [0.1, 0.15) is 21.5 Å². The van der Waals surface area contributed by atoms with Crippen molar-refractivity contribution in [2.24, 2.45) is 0 Å². The second-order valence-electron chi connectivity index (χ2n) is 4.92. The van der Waals surface area contributed by atoms with Crippen LogP contribution in [0.15, 0.2) is 40.9 Å². The van der Waals surface area contributed by atoms with Crippen molar-refractivity contribution in [3.63, 3.8) is 0 Å². The van der Waals surface area contributed by atoms with Gasteiger partial charge in [0.1, 0.15) is 0 Å². The third-order valence-electron chi connectivity index (χ3n) is 3.36. The Labute approximate surface area is 137 Å². The Hall–Kier alpha value is -1.52. The molecule has 0 aromatic heterocycles. The summed E-state index contributed by atoms with van der Waals surface area (Å²) < 4.78 is 0.792. The molecular weight excluding hydrogens is 352 g/mol. The van der Waals surface area contributed by atoms with Gasteiger partial charge in [-0.25, -0.2) is 0 Å². The Bertz CT molecular complexity index is 688. The van der Waals surface area contributed by atoms with Crippen molar-refractivity contribution in [2.45, 2.75) is 13.5 Å². The summed E-state index contributed by atoms with van der Waals surface area (Å²) in [5.41, 5.74) is 8.80. The maximum atomic E-state index is 12.6. The molecule has 3 nitrogen and oxygen atoms in total. The van der Waals surface area contributed by atoms with Gasteiger partial charge in [-0.2, -0.15) is 0 Å². The fraction of sp³-hybridized carbons (Fsp3) is 0.188. The predicted molar refractivity (Wildman–Crippen MR) is 90.5 cm³/mol. The van der Waals surface area contributed by atoms with Crippen molar-refractivity contribution < 1.29 is 4.79 Å². The zero-order valence-corrected chi connectivity index (χ0v) is 14.2. The fourth-order valence-corrected chi connectivity index (χ4v) is 2.75. The van der Waals surface area contributed by atoms with Gasteiger partial charge in [0.05, 0.1) is 0 Å². The molecule has 0 saturated heterocycles. The van der Waals surface area contributed by atoms with Gasteiger partial charge in [-0.05, 0) is 36.2 Å². The van der Waals surface area contributed by atoms with E-state index in [-0.39, 0.29) is 5.91 Å². The number of carbonyl (C=O) groups excluding carboxylic acids is 1. The van der Waals surface area contributed by atoms with Crippen LogP contribution >= 0.6 is 27.5 Å². The molecule has 0 atom stereocenters. The maximum absolute atomic E-state index is 12.6. The molecule has 5 heteroatoms. The molecule has 0 unspecified atom stereocenters.